The molecule has 0 saturated carbocycles. The predicted molar refractivity (Wildman–Crippen MR) is 60.4 cm³/mol. The van der Waals surface area contributed by atoms with Crippen LogP contribution in [0.25, 0.3) is 0 Å². The van der Waals surface area contributed by atoms with Crippen LogP contribution in [0.2, 0.25) is 0 Å². The van der Waals surface area contributed by atoms with Gasteiger partial charge in [-0.3, -0.25) is 0 Å². The van der Waals surface area contributed by atoms with Crippen molar-refractivity contribution in [2.45, 2.75) is 4.90 Å². The molecule has 0 aliphatic carbocycles. The van der Waals surface area contributed by atoms with Crippen molar-refractivity contribution in [3.63, 3.8) is 0 Å². The van der Waals surface area contributed by atoms with Gasteiger partial charge >= 0.3 is 0 Å². The lowest BCUT2D eigenvalue weighted by atomic mass is 10.4. The number of rotatable bonds is 2. The molecule has 0 aliphatic rings. The summed E-state index contributed by atoms with van der Waals surface area (Å²) in [5.41, 5.74) is 5.57. The zero-order valence-corrected chi connectivity index (χ0v) is 9.42. The number of aromatic nitrogens is 2. The summed E-state index contributed by atoms with van der Waals surface area (Å²) in [5.74, 6) is -0.184. The summed E-state index contributed by atoms with van der Waals surface area (Å²) in [6.07, 6.45) is 1.12. The molecule has 0 fully saturated rings. The van der Waals surface area contributed by atoms with Crippen molar-refractivity contribution >= 4 is 15.8 Å². The van der Waals surface area contributed by atoms with E-state index in [0.717, 1.165) is 6.20 Å². The Balaban J connectivity index is 2.62. The molecule has 1 heterocycles. The second-order valence-corrected chi connectivity index (χ2v) is 4.98. The fourth-order valence-corrected chi connectivity index (χ4v) is 2.54. The van der Waals surface area contributed by atoms with E-state index >= 15 is 0 Å². The summed E-state index contributed by atoms with van der Waals surface area (Å²) in [6, 6.07) is 9.52. The molecular formula is C10H8N4O2S. The van der Waals surface area contributed by atoms with Gasteiger partial charge in [-0.1, -0.05) is 18.2 Å². The first-order valence-electron chi connectivity index (χ1n) is 4.61. The second-order valence-electron chi connectivity index (χ2n) is 3.22. The summed E-state index contributed by atoms with van der Waals surface area (Å²) in [7, 11) is -3.83. The highest BCUT2D eigenvalue weighted by atomic mass is 32.2. The van der Waals surface area contributed by atoms with Gasteiger partial charge in [-0.25, -0.2) is 0 Å². The smallest absolute Gasteiger partial charge is 0.284 e. The third-order valence-corrected chi connectivity index (χ3v) is 3.78. The van der Waals surface area contributed by atoms with E-state index in [0.29, 0.717) is 4.09 Å². The zero-order valence-electron chi connectivity index (χ0n) is 8.61. The van der Waals surface area contributed by atoms with Crippen LogP contribution in [0.3, 0.4) is 0 Å². The Bertz CT molecular complexity index is 683. The number of hydrogen-bond donors (Lipinski definition) is 1. The van der Waals surface area contributed by atoms with Gasteiger partial charge < -0.3 is 5.73 Å². The van der Waals surface area contributed by atoms with Crippen LogP contribution in [-0.4, -0.2) is 17.6 Å². The van der Waals surface area contributed by atoms with Crippen LogP contribution in [0.15, 0.2) is 41.4 Å². The van der Waals surface area contributed by atoms with E-state index in [1.165, 1.54) is 12.1 Å². The highest BCUT2D eigenvalue weighted by Crippen LogP contribution is 2.18. The average Bonchev–Trinajstić information content (AvgIpc) is 2.72. The van der Waals surface area contributed by atoms with Gasteiger partial charge in [0.15, 0.2) is 5.82 Å². The first-order chi connectivity index (χ1) is 8.07. The van der Waals surface area contributed by atoms with E-state index in [2.05, 4.69) is 5.10 Å². The molecule has 0 amide bonds. The lowest BCUT2D eigenvalue weighted by molar-refractivity contribution is 0.581. The Morgan fingerprint density at radius 3 is 2.47 bits per heavy atom. The lowest BCUT2D eigenvalue weighted by Gasteiger charge is -2.05. The van der Waals surface area contributed by atoms with Gasteiger partial charge in [-0.2, -0.15) is 18.8 Å². The highest BCUT2D eigenvalue weighted by Gasteiger charge is 2.21. The van der Waals surface area contributed by atoms with Crippen LogP contribution < -0.4 is 5.73 Å². The van der Waals surface area contributed by atoms with Crippen LogP contribution in [-0.2, 0) is 10.0 Å². The van der Waals surface area contributed by atoms with Crippen molar-refractivity contribution in [2.24, 2.45) is 0 Å². The van der Waals surface area contributed by atoms with Crippen molar-refractivity contribution < 1.29 is 8.42 Å². The number of nitrogens with zero attached hydrogens (tertiary/aromatic N) is 3. The average molecular weight is 248 g/mol. The number of hydrogen-bond acceptors (Lipinski definition) is 5. The molecule has 0 radical (unpaired) electrons. The van der Waals surface area contributed by atoms with Crippen molar-refractivity contribution in [1.29, 1.82) is 5.26 Å². The summed E-state index contributed by atoms with van der Waals surface area (Å²) in [4.78, 5) is 0.0688. The standard InChI is InChI=1S/C10H8N4O2S/c11-6-8-7-13-14(10(8)12)17(15,16)9-4-2-1-3-5-9/h1-5,7H,12H2. The number of nitriles is 1. The molecule has 2 rings (SSSR count). The lowest BCUT2D eigenvalue weighted by Crippen LogP contribution is -2.16. The summed E-state index contributed by atoms with van der Waals surface area (Å²) < 4.78 is 24.8. The van der Waals surface area contributed by atoms with Crippen LogP contribution in [0, 0.1) is 11.3 Å². The molecule has 0 spiro atoms. The Kier molecular flexibility index (Phi) is 2.57. The van der Waals surface area contributed by atoms with Crippen LogP contribution in [0.1, 0.15) is 5.56 Å². The van der Waals surface area contributed by atoms with E-state index in [1.54, 1.807) is 24.3 Å². The molecule has 17 heavy (non-hydrogen) atoms. The molecule has 0 aliphatic heterocycles. The van der Waals surface area contributed by atoms with Gasteiger partial charge in [0.05, 0.1) is 11.1 Å². The zero-order chi connectivity index (χ0) is 12.5. The van der Waals surface area contributed by atoms with Gasteiger partial charge in [0.2, 0.25) is 0 Å². The van der Waals surface area contributed by atoms with E-state index < -0.39 is 10.0 Å². The molecule has 86 valence electrons. The molecule has 1 aromatic carbocycles. The van der Waals surface area contributed by atoms with E-state index in [9.17, 15) is 8.42 Å². The van der Waals surface area contributed by atoms with E-state index in [1.807, 2.05) is 0 Å². The Morgan fingerprint density at radius 2 is 1.94 bits per heavy atom. The van der Waals surface area contributed by atoms with Gasteiger partial charge in [0.25, 0.3) is 10.0 Å². The molecule has 0 saturated heterocycles. The predicted octanol–water partition coefficient (Wildman–Crippen LogP) is 0.574. The molecule has 0 bridgehead atoms. The first-order valence-corrected chi connectivity index (χ1v) is 6.05. The quantitative estimate of drug-likeness (QED) is 0.837. The normalized spacial score (nSPS) is 11.0. The van der Waals surface area contributed by atoms with Crippen LogP contribution >= 0.6 is 0 Å². The molecule has 2 aromatic rings. The Hall–Kier alpha value is -2.33. The first kappa shape index (κ1) is 11.2. The van der Waals surface area contributed by atoms with Crippen LogP contribution in [0.4, 0.5) is 5.82 Å². The van der Waals surface area contributed by atoms with Gasteiger partial charge in [-0.05, 0) is 12.1 Å². The number of nitrogens with two attached hydrogens (primary N) is 1. The molecule has 6 nitrogen and oxygen atoms in total. The molecule has 7 heteroatoms. The second kappa shape index (κ2) is 3.92. The minimum Gasteiger partial charge on any atom is -0.382 e. The van der Waals surface area contributed by atoms with Crippen molar-refractivity contribution in [3.05, 3.63) is 42.1 Å². The Labute approximate surface area is 98.0 Å². The maximum Gasteiger partial charge on any atom is 0.284 e. The third kappa shape index (κ3) is 1.74. The monoisotopic (exact) mass is 248 g/mol. The number of nitrogen functional groups attached to an aromatic ring is 1. The number of anilines is 1. The largest absolute Gasteiger partial charge is 0.382 e. The van der Waals surface area contributed by atoms with Gasteiger partial charge in [0, 0.05) is 0 Å². The van der Waals surface area contributed by atoms with Crippen molar-refractivity contribution in [1.82, 2.24) is 9.19 Å². The summed E-state index contributed by atoms with van der Waals surface area (Å²) >= 11 is 0. The minimum atomic E-state index is -3.83. The fraction of sp³-hybridized carbons (Fsp3) is 0. The van der Waals surface area contributed by atoms with E-state index in [-0.39, 0.29) is 16.3 Å². The molecular weight excluding hydrogens is 240 g/mol. The maximum atomic E-state index is 12.1. The highest BCUT2D eigenvalue weighted by molar-refractivity contribution is 7.90. The van der Waals surface area contributed by atoms with Crippen molar-refractivity contribution in [3.8, 4) is 6.07 Å². The van der Waals surface area contributed by atoms with Gasteiger partial charge in [-0.15, -0.1) is 4.09 Å². The molecule has 0 atom stereocenters. The third-order valence-electron chi connectivity index (χ3n) is 2.16. The Morgan fingerprint density at radius 1 is 1.29 bits per heavy atom. The SMILES string of the molecule is N#Cc1cnn(S(=O)(=O)c2ccccc2)c1N. The topological polar surface area (TPSA) is 102 Å². The molecule has 0 unspecified atom stereocenters. The molecule has 2 N–H and O–H groups in total. The van der Waals surface area contributed by atoms with E-state index in [4.69, 9.17) is 11.0 Å². The fourth-order valence-electron chi connectivity index (χ4n) is 1.31. The summed E-state index contributed by atoms with van der Waals surface area (Å²) in [6.45, 7) is 0. The van der Waals surface area contributed by atoms with Crippen molar-refractivity contribution in [2.75, 3.05) is 5.73 Å². The minimum absolute atomic E-state index is 0.0320. The van der Waals surface area contributed by atoms with Crippen LogP contribution in [0.5, 0.6) is 0 Å². The number of benzene rings is 1. The summed E-state index contributed by atoms with van der Waals surface area (Å²) in [5, 5.41) is 12.3. The molecule has 1 aromatic heterocycles. The maximum absolute atomic E-state index is 12.1. The van der Waals surface area contributed by atoms with Gasteiger partial charge in [0.1, 0.15) is 11.6 Å².